The first-order valence-electron chi connectivity index (χ1n) is 0.676. The second-order valence-corrected chi connectivity index (χ2v) is 9.41. The van der Waals surface area contributed by atoms with Gasteiger partial charge >= 0.3 is 71.9 Å². The van der Waals surface area contributed by atoms with Gasteiger partial charge in [-0.2, -0.15) is 0 Å². The van der Waals surface area contributed by atoms with Crippen LogP contribution in [0, 0.1) is 0 Å². The normalized spacial score (nSPS) is 4.67. The van der Waals surface area contributed by atoms with Crippen LogP contribution in [-0.4, -0.2) is 0 Å². The molecule has 0 aromatic carbocycles. The van der Waals surface area contributed by atoms with Crippen LogP contribution in [0.15, 0.2) is 0 Å². The van der Waals surface area contributed by atoms with Crippen LogP contribution in [0.1, 0.15) is 0 Å². The van der Waals surface area contributed by atoms with E-state index in [2.05, 4.69) is 0 Å². The Morgan fingerprint density at radius 3 is 0.667 bits per heavy atom. The predicted molar refractivity (Wildman–Crippen MR) is 23.4 cm³/mol. The van der Waals surface area contributed by atoms with Gasteiger partial charge < -0.3 is 0 Å². The zero-order valence-electron chi connectivity index (χ0n) is 2.41. The third-order valence-electron chi connectivity index (χ3n) is 0. The van der Waals surface area contributed by atoms with E-state index in [4.69, 9.17) is 36.8 Å². The molecule has 0 aliphatic carbocycles. The van der Waals surface area contributed by atoms with E-state index in [0.29, 0.717) is 0 Å². The average molecular weight is 504 g/mol. The van der Waals surface area contributed by atoms with Crippen molar-refractivity contribution in [3.63, 3.8) is 0 Å². The van der Waals surface area contributed by atoms with E-state index in [-0.39, 0.29) is 0 Å². The van der Waals surface area contributed by atoms with Crippen molar-refractivity contribution in [2.75, 3.05) is 0 Å². The Bertz CT molecular complexity index is 7.51. The number of halogens is 4. The molecule has 6 heteroatoms. The van der Waals surface area contributed by atoms with E-state index in [0.717, 1.165) is 0 Å². The summed E-state index contributed by atoms with van der Waals surface area (Å²) in [6.07, 6.45) is 0. The topological polar surface area (TPSA) is 0 Å². The van der Waals surface area contributed by atoms with Crippen LogP contribution in [0.4, 0.5) is 0 Å². The molecule has 0 amide bonds. The number of hydrogen-bond donors (Lipinski definition) is 0. The van der Waals surface area contributed by atoms with E-state index in [1.54, 1.807) is 0 Å². The standard InChI is InChI=1S/4ClH.2Ta/h4*1H;;/q;;;;2*+2/p-4. The first-order chi connectivity index (χ1) is 2.83. The molecule has 0 heterocycles. The van der Waals surface area contributed by atoms with Crippen molar-refractivity contribution in [1.29, 1.82) is 0 Å². The molecule has 0 saturated carbocycles. The Morgan fingerprint density at radius 1 is 0.667 bits per heavy atom. The van der Waals surface area contributed by atoms with Gasteiger partial charge in [-0.1, -0.05) is 0 Å². The van der Waals surface area contributed by atoms with Gasteiger partial charge in [0, 0.05) is 0 Å². The molecule has 0 atom stereocenters. The Balaban J connectivity index is 0. The first-order valence-corrected chi connectivity index (χ1v) is 16.6. The molecular formula is Cl4Ta2. The van der Waals surface area contributed by atoms with Crippen LogP contribution in [0.5, 0.6) is 0 Å². The second kappa shape index (κ2) is 15.6. The molecule has 0 aromatic heterocycles. The predicted octanol–water partition coefficient (Wildman–Crippen LogP) is 2.75. The Morgan fingerprint density at radius 2 is 0.667 bits per heavy atom. The maximum absolute atomic E-state index is 4.94. The molecule has 0 aromatic rings. The third-order valence-corrected chi connectivity index (χ3v) is 0. The Kier molecular flexibility index (Phi) is 29.8. The van der Waals surface area contributed by atoms with E-state index < -0.39 is 35.2 Å². The molecule has 0 spiro atoms. The van der Waals surface area contributed by atoms with Gasteiger partial charge in [0.05, 0.1) is 0 Å². The van der Waals surface area contributed by atoms with Crippen molar-refractivity contribution in [3.8, 4) is 0 Å². The minimum absolute atomic E-state index is 0.889. The summed E-state index contributed by atoms with van der Waals surface area (Å²) in [6.45, 7) is 0. The molecule has 0 unspecified atom stereocenters. The fraction of sp³-hybridized carbons (Fsp3) is 0. The van der Waals surface area contributed by atoms with Crippen molar-refractivity contribution in [2.45, 2.75) is 0 Å². The quantitative estimate of drug-likeness (QED) is 0.477. The fourth-order valence-corrected chi connectivity index (χ4v) is 0. The third kappa shape index (κ3) is 30.3. The molecular weight excluding hydrogens is 504 g/mol. The molecule has 6 heavy (non-hydrogen) atoms. The Labute approximate surface area is 70.8 Å². The van der Waals surface area contributed by atoms with Gasteiger partial charge in [0.15, 0.2) is 0 Å². The second-order valence-electron chi connectivity index (χ2n) is 0.128. The van der Waals surface area contributed by atoms with Gasteiger partial charge in [-0.15, -0.1) is 0 Å². The molecule has 0 bridgehead atoms. The summed E-state index contributed by atoms with van der Waals surface area (Å²) in [5, 5.41) is 0. The van der Waals surface area contributed by atoms with Crippen LogP contribution < -0.4 is 0 Å². The van der Waals surface area contributed by atoms with Crippen molar-refractivity contribution in [2.24, 2.45) is 0 Å². The molecule has 0 saturated heterocycles. The first kappa shape index (κ1) is 11.4. The van der Waals surface area contributed by atoms with Gasteiger partial charge in [-0.3, -0.25) is 0 Å². The summed E-state index contributed by atoms with van der Waals surface area (Å²) in [7, 11) is 19.8. The van der Waals surface area contributed by atoms with Crippen molar-refractivity contribution < 1.29 is 35.2 Å². The summed E-state index contributed by atoms with van der Waals surface area (Å²) >= 11 is -1.78. The monoisotopic (exact) mass is 502 g/mol. The fourth-order valence-electron chi connectivity index (χ4n) is 0. The molecule has 0 fully saturated rings. The van der Waals surface area contributed by atoms with E-state index in [1.165, 1.54) is 0 Å². The van der Waals surface area contributed by atoms with Gasteiger partial charge in [0.2, 0.25) is 0 Å². The molecule has 0 aliphatic rings. The SMILES string of the molecule is [Cl][Ta][Cl].[Cl][Ta][Cl]. The molecule has 38 valence electrons. The van der Waals surface area contributed by atoms with Crippen LogP contribution in [-0.2, 0) is 35.2 Å². The summed E-state index contributed by atoms with van der Waals surface area (Å²) in [5.74, 6) is 0. The van der Waals surface area contributed by atoms with Gasteiger partial charge in [-0.05, 0) is 0 Å². The molecule has 0 nitrogen and oxygen atoms in total. The summed E-state index contributed by atoms with van der Waals surface area (Å²) in [6, 6.07) is 0. The molecule has 0 rings (SSSR count). The molecule has 0 N–H and O–H groups in total. The Hall–Kier alpha value is 2.64. The maximum atomic E-state index is 4.94. The summed E-state index contributed by atoms with van der Waals surface area (Å²) < 4.78 is 0. The van der Waals surface area contributed by atoms with Crippen molar-refractivity contribution in [1.82, 2.24) is 0 Å². The van der Waals surface area contributed by atoms with E-state index >= 15 is 0 Å². The van der Waals surface area contributed by atoms with Gasteiger partial charge in [0.25, 0.3) is 0 Å². The minimum atomic E-state index is -0.889. The zero-order valence-corrected chi connectivity index (χ0v) is 11.9. The van der Waals surface area contributed by atoms with Gasteiger partial charge in [0.1, 0.15) is 0 Å². The average Bonchev–Trinajstić information content (AvgIpc) is 1.39. The molecule has 0 radical (unpaired) electrons. The summed E-state index contributed by atoms with van der Waals surface area (Å²) in [5.41, 5.74) is 0. The van der Waals surface area contributed by atoms with Crippen LogP contribution in [0.3, 0.4) is 0 Å². The zero-order chi connectivity index (χ0) is 5.41. The van der Waals surface area contributed by atoms with Crippen molar-refractivity contribution >= 4 is 36.8 Å². The summed E-state index contributed by atoms with van der Waals surface area (Å²) in [4.78, 5) is 0. The van der Waals surface area contributed by atoms with Crippen LogP contribution in [0.25, 0.3) is 0 Å². The molecule has 0 aliphatic heterocycles. The van der Waals surface area contributed by atoms with Crippen molar-refractivity contribution in [3.05, 3.63) is 0 Å². The van der Waals surface area contributed by atoms with Crippen LogP contribution in [0.2, 0.25) is 0 Å². The number of rotatable bonds is 0. The van der Waals surface area contributed by atoms with Gasteiger partial charge in [-0.25, -0.2) is 0 Å². The van der Waals surface area contributed by atoms with E-state index in [9.17, 15) is 0 Å². The number of hydrogen-bond acceptors (Lipinski definition) is 0. The van der Waals surface area contributed by atoms with E-state index in [1.807, 2.05) is 0 Å². The van der Waals surface area contributed by atoms with Crippen LogP contribution >= 0.6 is 36.8 Å².